The Morgan fingerprint density at radius 3 is 1.88 bits per heavy atom. The highest BCUT2D eigenvalue weighted by atomic mass is 18.5. The van der Waals surface area contributed by atoms with E-state index in [1.165, 1.54) is 0 Å². The van der Waals surface area contributed by atoms with Gasteiger partial charge in [-0.05, 0) is 46.6 Å². The van der Waals surface area contributed by atoms with E-state index in [4.69, 9.17) is 25.5 Å². The van der Waals surface area contributed by atoms with E-state index in [9.17, 15) is 22.8 Å². The first-order chi connectivity index (χ1) is 10.7. The first-order valence-electron chi connectivity index (χ1n) is 6.93. The fraction of sp³-hybridized carbons (Fsp3) is 0.769. The minimum absolute atomic E-state index is 0.353. The average molecular weight is 357 g/mol. The molecule has 0 fully saturated rings. The van der Waals surface area contributed by atoms with E-state index in [2.05, 4.69) is 5.32 Å². The number of hydrogen-bond donors (Lipinski definition) is 4. The lowest BCUT2D eigenvalue weighted by Gasteiger charge is -2.21. The van der Waals surface area contributed by atoms with E-state index < -0.39 is 35.9 Å². The second-order valence-electron chi connectivity index (χ2n) is 5.62. The fourth-order valence-corrected chi connectivity index (χ4v) is 1.20. The molecule has 0 unspecified atom stereocenters. The number of unbranched alkanes of at least 4 members (excludes halogenated alkanes) is 1. The number of nitrogens with two attached hydrogens (primary N) is 1. The van der Waals surface area contributed by atoms with Crippen LogP contribution in [0.25, 0.3) is 0 Å². The maximum atomic E-state index is 11.4. The van der Waals surface area contributed by atoms with Crippen LogP contribution in [0.15, 0.2) is 0 Å². The van der Waals surface area contributed by atoms with Gasteiger partial charge in [-0.3, -0.25) is 0 Å². The smallest absolute Gasteiger partial charge is 0.480 e. The van der Waals surface area contributed by atoms with Gasteiger partial charge < -0.3 is 26.0 Å². The van der Waals surface area contributed by atoms with Crippen LogP contribution in [0, 0.1) is 0 Å². The Morgan fingerprint density at radius 1 is 1.12 bits per heavy atom. The molecular weight excluding hydrogens is 334 g/mol. The molecule has 0 rings (SSSR count). The van der Waals surface area contributed by atoms with E-state index >= 15 is 0 Å². The van der Waals surface area contributed by atoms with Gasteiger partial charge in [-0.1, -0.05) is 0 Å². The summed E-state index contributed by atoms with van der Waals surface area (Å²) in [5.74, 6) is -3.82. The molecular formula is C13H23F3N2O6. The van der Waals surface area contributed by atoms with Gasteiger partial charge in [0.05, 0.1) is 0 Å². The van der Waals surface area contributed by atoms with Crippen molar-refractivity contribution in [2.45, 2.75) is 57.9 Å². The maximum absolute atomic E-state index is 11.4. The number of nitrogens with one attached hydrogen (secondary N) is 1. The van der Waals surface area contributed by atoms with Crippen molar-refractivity contribution in [1.29, 1.82) is 0 Å². The quantitative estimate of drug-likeness (QED) is 0.531. The van der Waals surface area contributed by atoms with Gasteiger partial charge in [-0.2, -0.15) is 13.2 Å². The number of rotatable bonds is 6. The van der Waals surface area contributed by atoms with Crippen molar-refractivity contribution in [1.82, 2.24) is 5.32 Å². The van der Waals surface area contributed by atoms with Crippen LogP contribution in [0.2, 0.25) is 0 Å². The van der Waals surface area contributed by atoms with Gasteiger partial charge in [0, 0.05) is 0 Å². The maximum Gasteiger partial charge on any atom is 0.490 e. The predicted octanol–water partition coefficient (Wildman–Crippen LogP) is 1.73. The first-order valence-corrected chi connectivity index (χ1v) is 6.93. The Hall–Kier alpha value is -2.04. The Kier molecular flexibility index (Phi) is 10.8. The molecule has 11 heteroatoms. The molecule has 0 aliphatic carbocycles. The molecule has 1 atom stereocenters. The van der Waals surface area contributed by atoms with Crippen molar-refractivity contribution in [3.05, 3.63) is 0 Å². The summed E-state index contributed by atoms with van der Waals surface area (Å²) in [7, 11) is 0. The molecule has 0 spiro atoms. The standard InChI is InChI=1S/C11H22N2O4.C2HF3O2/c1-11(2,3)17-10(16)13-8(9(14)15)6-4-5-7-12;3-2(4,5)1(6)7/h8H,4-7,12H2,1-3H3,(H,13,16)(H,14,15);(H,6,7)/t8-;/m0./s1/i;3-1,4-1,5-1. The summed E-state index contributed by atoms with van der Waals surface area (Å²) in [5, 5.41) is 18.4. The summed E-state index contributed by atoms with van der Waals surface area (Å²) in [6.07, 6.45) is -4.05. The van der Waals surface area contributed by atoms with Gasteiger partial charge in [0.15, 0.2) is 0 Å². The number of amides is 1. The summed E-state index contributed by atoms with van der Waals surface area (Å²) < 4.78 is 36.7. The van der Waals surface area contributed by atoms with Crippen LogP contribution >= 0.6 is 0 Å². The molecule has 8 nitrogen and oxygen atoms in total. The molecule has 0 aliphatic rings. The Morgan fingerprint density at radius 2 is 1.58 bits per heavy atom. The first kappa shape index (κ1) is 24.2. The van der Waals surface area contributed by atoms with E-state index in [0.29, 0.717) is 19.4 Å². The number of carboxylic acids is 2. The van der Waals surface area contributed by atoms with Gasteiger partial charge in [-0.15, -0.1) is 0 Å². The van der Waals surface area contributed by atoms with Crippen molar-refractivity contribution in [2.75, 3.05) is 6.54 Å². The highest BCUT2D eigenvalue weighted by Gasteiger charge is 2.38. The monoisotopic (exact) mass is 357 g/mol. The Bertz CT molecular complexity index is 421. The predicted molar refractivity (Wildman–Crippen MR) is 77.4 cm³/mol. The van der Waals surface area contributed by atoms with E-state index in [1.54, 1.807) is 20.8 Å². The molecule has 0 radical (unpaired) electrons. The summed E-state index contributed by atoms with van der Waals surface area (Å²) in [5.41, 5.74) is 4.68. The Labute approximate surface area is 137 Å². The number of alkyl carbamates (subject to hydrolysis) is 1. The van der Waals surface area contributed by atoms with Crippen molar-refractivity contribution in [3.8, 4) is 0 Å². The number of alkyl halides is 3. The number of carbonyl (C=O) groups excluding carboxylic acids is 1. The topological polar surface area (TPSA) is 139 Å². The number of halogens is 3. The molecule has 0 aromatic carbocycles. The van der Waals surface area contributed by atoms with E-state index in [-0.39, 0.29) is 0 Å². The van der Waals surface area contributed by atoms with Crippen molar-refractivity contribution in [2.24, 2.45) is 5.73 Å². The third kappa shape index (κ3) is 14.9. The molecule has 24 heavy (non-hydrogen) atoms. The number of ether oxygens (including phenoxy) is 1. The van der Waals surface area contributed by atoms with Gasteiger partial charge in [0.2, 0.25) is 0 Å². The minimum atomic E-state index is -5.08. The molecule has 0 aromatic rings. The lowest BCUT2D eigenvalue weighted by atomic mass is 10.1. The fourth-order valence-electron chi connectivity index (χ4n) is 1.20. The number of carboxylic acid groups (broad SMARTS) is 2. The van der Waals surface area contributed by atoms with Crippen molar-refractivity contribution in [3.63, 3.8) is 0 Å². The normalized spacial score (nSPS) is 12.5. The molecule has 0 saturated carbocycles. The van der Waals surface area contributed by atoms with Crippen LogP contribution in [0.4, 0.5) is 18.0 Å². The second kappa shape index (κ2) is 10.7. The lowest BCUT2D eigenvalue weighted by molar-refractivity contribution is -0.192. The van der Waals surface area contributed by atoms with Gasteiger partial charge in [-0.25, -0.2) is 14.4 Å². The average Bonchev–Trinajstić information content (AvgIpc) is 2.34. The molecule has 142 valence electrons. The van der Waals surface area contributed by atoms with Crippen LogP contribution in [-0.4, -0.2) is 52.6 Å². The van der Waals surface area contributed by atoms with E-state index in [1.807, 2.05) is 0 Å². The highest BCUT2D eigenvalue weighted by Crippen LogP contribution is 2.13. The van der Waals surface area contributed by atoms with Crippen LogP contribution in [0.5, 0.6) is 0 Å². The molecule has 0 heterocycles. The van der Waals surface area contributed by atoms with Crippen LogP contribution in [0.1, 0.15) is 40.0 Å². The number of hydrogen-bond acceptors (Lipinski definition) is 5. The number of carbonyl (C=O) groups is 3. The molecule has 0 bridgehead atoms. The van der Waals surface area contributed by atoms with E-state index in [0.717, 1.165) is 6.42 Å². The summed E-state index contributed by atoms with van der Waals surface area (Å²) >= 11 is 0. The summed E-state index contributed by atoms with van der Waals surface area (Å²) in [6, 6.07) is -0.920. The van der Waals surface area contributed by atoms with Gasteiger partial charge in [0.1, 0.15) is 11.6 Å². The van der Waals surface area contributed by atoms with Gasteiger partial charge in [0.25, 0.3) is 0 Å². The van der Waals surface area contributed by atoms with Gasteiger partial charge >= 0.3 is 24.2 Å². The lowest BCUT2D eigenvalue weighted by Crippen LogP contribution is -2.43. The molecule has 0 saturated heterocycles. The van der Waals surface area contributed by atoms with Crippen LogP contribution in [-0.2, 0) is 14.3 Å². The molecule has 1 amide bonds. The van der Waals surface area contributed by atoms with Crippen molar-refractivity contribution >= 4 is 18.0 Å². The SMILES string of the molecule is CC(C)(C)OC(=O)N[C@@H](CCCCN)C(=O)O.O=C(O)C([18F])([18F])[18F]. The van der Waals surface area contributed by atoms with Crippen molar-refractivity contribution < 1.29 is 42.5 Å². The molecule has 0 aliphatic heterocycles. The second-order valence-corrected chi connectivity index (χ2v) is 5.62. The Balaban J connectivity index is 0. The zero-order valence-corrected chi connectivity index (χ0v) is 13.6. The van der Waals surface area contributed by atoms with Crippen LogP contribution in [0.3, 0.4) is 0 Å². The zero-order chi connectivity index (χ0) is 19.6. The third-order valence-corrected chi connectivity index (χ3v) is 2.18. The minimum Gasteiger partial charge on any atom is -0.480 e. The highest BCUT2D eigenvalue weighted by molar-refractivity contribution is 5.79. The summed E-state index contributed by atoms with van der Waals surface area (Å²) in [6.45, 7) is 5.67. The number of aliphatic carboxylic acids is 2. The summed E-state index contributed by atoms with van der Waals surface area (Å²) in [4.78, 5) is 31.2. The molecule has 0 aromatic heterocycles. The van der Waals surface area contributed by atoms with Crippen LogP contribution < -0.4 is 11.1 Å². The zero-order valence-electron chi connectivity index (χ0n) is 13.6. The largest absolute Gasteiger partial charge is 0.490 e. The molecule has 5 N–H and O–H groups in total. The third-order valence-electron chi connectivity index (χ3n) is 2.18.